The summed E-state index contributed by atoms with van der Waals surface area (Å²) in [5.41, 5.74) is 8.31. The summed E-state index contributed by atoms with van der Waals surface area (Å²) in [5, 5.41) is 2.97. The van der Waals surface area contributed by atoms with Gasteiger partial charge in [-0.25, -0.2) is 8.42 Å². The fourth-order valence-corrected chi connectivity index (χ4v) is 5.09. The minimum Gasteiger partial charge on any atom is -0.364 e. The molecular formula is C20H26N4O4S. The molecule has 0 unspecified atom stereocenters. The average molecular weight is 419 g/mol. The van der Waals surface area contributed by atoms with Gasteiger partial charge in [-0.2, -0.15) is 4.31 Å². The number of nitrogens with one attached hydrogen (secondary N) is 1. The number of primary amides is 1. The number of aromatic nitrogens is 1. The standard InChI is InChI=1S/C20H26N4O4S/c1-13-5-4-6-17(14(13)2)22-20(26)15-7-9-24(10-8-15)29(27,28)16-11-18(19(21)25)23(3)12-16/h4-6,11-12,15H,7-10H2,1-3H3,(H2,21,25)(H,22,26). The van der Waals surface area contributed by atoms with Gasteiger partial charge in [-0.15, -0.1) is 0 Å². The molecule has 0 atom stereocenters. The highest BCUT2D eigenvalue weighted by Crippen LogP contribution is 2.26. The monoisotopic (exact) mass is 418 g/mol. The molecule has 9 heteroatoms. The van der Waals surface area contributed by atoms with Crippen LogP contribution in [0.25, 0.3) is 0 Å². The third-order valence-electron chi connectivity index (χ3n) is 5.56. The molecule has 1 aromatic carbocycles. The van der Waals surface area contributed by atoms with Crippen LogP contribution in [0.5, 0.6) is 0 Å². The zero-order valence-corrected chi connectivity index (χ0v) is 17.6. The highest BCUT2D eigenvalue weighted by atomic mass is 32.2. The van der Waals surface area contributed by atoms with E-state index in [2.05, 4.69) is 5.32 Å². The molecule has 1 fully saturated rings. The molecule has 3 rings (SSSR count). The van der Waals surface area contributed by atoms with Gasteiger partial charge in [0.1, 0.15) is 10.6 Å². The van der Waals surface area contributed by atoms with Crippen LogP contribution < -0.4 is 11.1 Å². The highest BCUT2D eigenvalue weighted by Gasteiger charge is 2.33. The van der Waals surface area contributed by atoms with Gasteiger partial charge in [0.2, 0.25) is 15.9 Å². The smallest absolute Gasteiger partial charge is 0.265 e. The molecule has 1 aliphatic rings. The molecule has 0 spiro atoms. The number of carbonyl (C=O) groups is 2. The van der Waals surface area contributed by atoms with Gasteiger partial charge in [-0.05, 0) is 49.9 Å². The van der Waals surface area contributed by atoms with Crippen LogP contribution in [-0.4, -0.2) is 42.2 Å². The van der Waals surface area contributed by atoms with E-state index in [1.807, 2.05) is 32.0 Å². The van der Waals surface area contributed by atoms with Crippen LogP contribution in [-0.2, 0) is 21.9 Å². The number of amides is 2. The number of benzene rings is 1. The molecule has 2 aromatic rings. The lowest BCUT2D eigenvalue weighted by atomic mass is 9.97. The number of rotatable bonds is 5. The second-order valence-corrected chi connectivity index (χ2v) is 9.39. The van der Waals surface area contributed by atoms with E-state index in [-0.39, 0.29) is 35.5 Å². The number of piperidine rings is 1. The first-order chi connectivity index (χ1) is 13.6. The van der Waals surface area contributed by atoms with Crippen molar-refractivity contribution in [1.29, 1.82) is 0 Å². The molecule has 3 N–H and O–H groups in total. The lowest BCUT2D eigenvalue weighted by Gasteiger charge is -2.30. The molecule has 1 saturated heterocycles. The number of aryl methyl sites for hydroxylation is 2. The Hall–Kier alpha value is -2.65. The highest BCUT2D eigenvalue weighted by molar-refractivity contribution is 7.89. The SMILES string of the molecule is Cc1cccc(NC(=O)C2CCN(S(=O)(=O)c3cc(C(N)=O)n(C)c3)CC2)c1C. The van der Waals surface area contributed by atoms with E-state index < -0.39 is 15.9 Å². The van der Waals surface area contributed by atoms with Gasteiger partial charge in [0.15, 0.2) is 0 Å². The normalized spacial score (nSPS) is 16.0. The summed E-state index contributed by atoms with van der Waals surface area (Å²) in [6.07, 6.45) is 2.26. The first-order valence-corrected chi connectivity index (χ1v) is 10.9. The van der Waals surface area contributed by atoms with Crippen LogP contribution in [0.3, 0.4) is 0 Å². The van der Waals surface area contributed by atoms with Gasteiger partial charge in [-0.1, -0.05) is 12.1 Å². The van der Waals surface area contributed by atoms with Crippen molar-refractivity contribution >= 4 is 27.5 Å². The van der Waals surface area contributed by atoms with Crippen molar-refractivity contribution in [2.45, 2.75) is 31.6 Å². The first kappa shape index (κ1) is 21.1. The van der Waals surface area contributed by atoms with Crippen molar-refractivity contribution in [3.8, 4) is 0 Å². The van der Waals surface area contributed by atoms with Crippen molar-refractivity contribution in [1.82, 2.24) is 8.87 Å². The number of carbonyl (C=O) groups excluding carboxylic acids is 2. The van der Waals surface area contributed by atoms with Gasteiger partial charge >= 0.3 is 0 Å². The van der Waals surface area contributed by atoms with Crippen molar-refractivity contribution in [3.63, 3.8) is 0 Å². The van der Waals surface area contributed by atoms with Crippen molar-refractivity contribution in [2.75, 3.05) is 18.4 Å². The van der Waals surface area contributed by atoms with Gasteiger partial charge in [0.25, 0.3) is 5.91 Å². The molecule has 156 valence electrons. The van der Waals surface area contributed by atoms with Crippen LogP contribution in [0.15, 0.2) is 35.4 Å². The minimum absolute atomic E-state index is 0.0343. The predicted molar refractivity (Wildman–Crippen MR) is 110 cm³/mol. The Kier molecular flexibility index (Phi) is 5.81. The molecule has 0 aliphatic carbocycles. The molecule has 8 nitrogen and oxygen atoms in total. The molecule has 1 aliphatic heterocycles. The van der Waals surface area contributed by atoms with E-state index in [0.29, 0.717) is 12.8 Å². The van der Waals surface area contributed by atoms with E-state index in [4.69, 9.17) is 5.73 Å². The Morgan fingerprint density at radius 1 is 1.17 bits per heavy atom. The summed E-state index contributed by atoms with van der Waals surface area (Å²) >= 11 is 0. The number of hydrogen-bond acceptors (Lipinski definition) is 4. The quantitative estimate of drug-likeness (QED) is 0.770. The molecule has 0 radical (unpaired) electrons. The van der Waals surface area contributed by atoms with E-state index in [1.165, 1.54) is 21.1 Å². The second kappa shape index (κ2) is 8.00. The van der Waals surface area contributed by atoms with Crippen molar-refractivity contribution < 1.29 is 18.0 Å². The molecule has 29 heavy (non-hydrogen) atoms. The summed E-state index contributed by atoms with van der Waals surface area (Å²) in [4.78, 5) is 24.1. The Morgan fingerprint density at radius 3 is 2.41 bits per heavy atom. The van der Waals surface area contributed by atoms with Gasteiger partial charge in [0, 0.05) is 37.9 Å². The molecule has 1 aromatic heterocycles. The Balaban J connectivity index is 1.66. The number of nitrogens with two attached hydrogens (primary N) is 1. The van der Waals surface area contributed by atoms with Crippen LogP contribution in [0.1, 0.15) is 34.5 Å². The van der Waals surface area contributed by atoms with Crippen LogP contribution in [0, 0.1) is 19.8 Å². The first-order valence-electron chi connectivity index (χ1n) is 9.44. The van der Waals surface area contributed by atoms with E-state index in [1.54, 1.807) is 7.05 Å². The summed E-state index contributed by atoms with van der Waals surface area (Å²) in [7, 11) is -2.17. The Labute approximate surface area is 170 Å². The lowest BCUT2D eigenvalue weighted by Crippen LogP contribution is -2.41. The minimum atomic E-state index is -3.74. The van der Waals surface area contributed by atoms with Gasteiger partial charge in [0.05, 0.1) is 0 Å². The molecule has 0 bridgehead atoms. The number of sulfonamides is 1. The van der Waals surface area contributed by atoms with E-state index in [9.17, 15) is 18.0 Å². The number of hydrogen-bond donors (Lipinski definition) is 2. The van der Waals surface area contributed by atoms with Gasteiger partial charge in [-0.3, -0.25) is 9.59 Å². The Bertz CT molecular complexity index is 1050. The largest absolute Gasteiger partial charge is 0.364 e. The summed E-state index contributed by atoms with van der Waals surface area (Å²) < 4.78 is 28.5. The summed E-state index contributed by atoms with van der Waals surface area (Å²) in [6.45, 7) is 4.43. The number of nitrogens with zero attached hydrogens (tertiary/aromatic N) is 2. The fourth-order valence-electron chi connectivity index (χ4n) is 3.55. The zero-order valence-electron chi connectivity index (χ0n) is 16.8. The molecule has 2 heterocycles. The maximum absolute atomic E-state index is 12.9. The third kappa shape index (κ3) is 4.20. The van der Waals surface area contributed by atoms with Crippen LogP contribution in [0.4, 0.5) is 5.69 Å². The lowest BCUT2D eigenvalue weighted by molar-refractivity contribution is -0.120. The maximum atomic E-state index is 12.9. The zero-order chi connectivity index (χ0) is 21.3. The Morgan fingerprint density at radius 2 is 1.83 bits per heavy atom. The van der Waals surface area contributed by atoms with E-state index >= 15 is 0 Å². The van der Waals surface area contributed by atoms with Crippen LogP contribution in [0.2, 0.25) is 0 Å². The fraction of sp³-hybridized carbons (Fsp3) is 0.400. The number of anilines is 1. The van der Waals surface area contributed by atoms with Gasteiger partial charge < -0.3 is 15.6 Å². The third-order valence-corrected chi connectivity index (χ3v) is 7.42. The van der Waals surface area contributed by atoms with Crippen LogP contribution >= 0.6 is 0 Å². The molecule has 2 amide bonds. The molecular weight excluding hydrogens is 392 g/mol. The predicted octanol–water partition coefficient (Wildman–Crippen LogP) is 1.78. The average Bonchev–Trinajstić information content (AvgIpc) is 3.08. The summed E-state index contributed by atoms with van der Waals surface area (Å²) in [5.74, 6) is -1.03. The maximum Gasteiger partial charge on any atom is 0.265 e. The molecule has 0 saturated carbocycles. The van der Waals surface area contributed by atoms with Crippen molar-refractivity contribution in [3.05, 3.63) is 47.3 Å². The topological polar surface area (TPSA) is 114 Å². The van der Waals surface area contributed by atoms with Crippen molar-refractivity contribution in [2.24, 2.45) is 18.7 Å². The second-order valence-electron chi connectivity index (χ2n) is 7.45. The summed E-state index contributed by atoms with van der Waals surface area (Å²) in [6, 6.07) is 7.04. The van der Waals surface area contributed by atoms with E-state index in [0.717, 1.165) is 16.8 Å².